The predicted molar refractivity (Wildman–Crippen MR) is 104 cm³/mol. The third kappa shape index (κ3) is 4.80. The van der Waals surface area contributed by atoms with Gasteiger partial charge in [0.2, 0.25) is 10.0 Å². The SMILES string of the molecule is O=C(NCCOc1ccccc1)c1cc(S(=O)(=O)N2CCCC2)ccc1Cl. The summed E-state index contributed by atoms with van der Waals surface area (Å²) in [6, 6.07) is 13.5. The molecule has 0 unspecified atom stereocenters. The van der Waals surface area contributed by atoms with Gasteiger partial charge in [-0.1, -0.05) is 29.8 Å². The summed E-state index contributed by atoms with van der Waals surface area (Å²) in [5, 5.41) is 2.91. The number of rotatable bonds is 7. The largest absolute Gasteiger partial charge is 0.492 e. The highest BCUT2D eigenvalue weighted by Crippen LogP contribution is 2.25. The van der Waals surface area contributed by atoms with E-state index in [2.05, 4.69) is 5.32 Å². The highest BCUT2D eigenvalue weighted by atomic mass is 35.5. The Balaban J connectivity index is 1.64. The Labute approximate surface area is 164 Å². The first kappa shape index (κ1) is 19.7. The Morgan fingerprint density at radius 3 is 2.52 bits per heavy atom. The molecule has 0 saturated carbocycles. The average Bonchev–Trinajstić information content (AvgIpc) is 3.22. The van der Waals surface area contributed by atoms with Crippen LogP contribution in [0.25, 0.3) is 0 Å². The second kappa shape index (κ2) is 8.73. The molecule has 2 aromatic carbocycles. The fourth-order valence-electron chi connectivity index (χ4n) is 2.86. The van der Waals surface area contributed by atoms with Crippen molar-refractivity contribution in [1.82, 2.24) is 9.62 Å². The number of hydrogen-bond acceptors (Lipinski definition) is 4. The second-order valence-electron chi connectivity index (χ2n) is 6.17. The monoisotopic (exact) mass is 408 g/mol. The fourth-order valence-corrected chi connectivity index (χ4v) is 4.61. The average molecular weight is 409 g/mol. The van der Waals surface area contributed by atoms with E-state index in [1.165, 1.54) is 22.5 Å². The van der Waals surface area contributed by atoms with E-state index in [4.69, 9.17) is 16.3 Å². The lowest BCUT2D eigenvalue weighted by atomic mass is 10.2. The van der Waals surface area contributed by atoms with Crippen molar-refractivity contribution in [2.75, 3.05) is 26.2 Å². The molecule has 1 aliphatic rings. The van der Waals surface area contributed by atoms with Gasteiger partial charge in [0, 0.05) is 13.1 Å². The molecule has 0 radical (unpaired) electrons. The van der Waals surface area contributed by atoms with Crippen molar-refractivity contribution in [3.8, 4) is 5.75 Å². The Bertz CT molecular complexity index is 897. The second-order valence-corrected chi connectivity index (χ2v) is 8.52. The number of sulfonamides is 1. The molecule has 1 N–H and O–H groups in total. The molecule has 1 heterocycles. The summed E-state index contributed by atoms with van der Waals surface area (Å²) in [5.41, 5.74) is 0.136. The van der Waals surface area contributed by atoms with Gasteiger partial charge < -0.3 is 10.1 Å². The van der Waals surface area contributed by atoms with Gasteiger partial charge in [-0.05, 0) is 43.2 Å². The topological polar surface area (TPSA) is 75.7 Å². The minimum Gasteiger partial charge on any atom is -0.492 e. The number of benzene rings is 2. The van der Waals surface area contributed by atoms with Crippen LogP contribution in [0.3, 0.4) is 0 Å². The van der Waals surface area contributed by atoms with Crippen molar-refractivity contribution in [1.29, 1.82) is 0 Å². The van der Waals surface area contributed by atoms with Gasteiger partial charge in [0.15, 0.2) is 0 Å². The van der Waals surface area contributed by atoms with Crippen LogP contribution in [-0.4, -0.2) is 44.9 Å². The third-order valence-corrected chi connectivity index (χ3v) is 6.51. The number of para-hydroxylation sites is 1. The maximum Gasteiger partial charge on any atom is 0.252 e. The van der Waals surface area contributed by atoms with Gasteiger partial charge in [0.05, 0.1) is 22.0 Å². The highest BCUT2D eigenvalue weighted by Gasteiger charge is 2.28. The van der Waals surface area contributed by atoms with Crippen LogP contribution in [0.4, 0.5) is 0 Å². The molecule has 1 aliphatic heterocycles. The molecule has 8 heteroatoms. The predicted octanol–water partition coefficient (Wildman–Crippen LogP) is 2.93. The molecule has 0 bridgehead atoms. The molecule has 27 heavy (non-hydrogen) atoms. The molecule has 1 amide bonds. The molecule has 3 rings (SSSR count). The Morgan fingerprint density at radius 2 is 1.81 bits per heavy atom. The Kier molecular flexibility index (Phi) is 6.36. The van der Waals surface area contributed by atoms with Crippen LogP contribution in [0.1, 0.15) is 23.2 Å². The number of ether oxygens (including phenoxy) is 1. The lowest BCUT2D eigenvalue weighted by Gasteiger charge is -2.16. The molecule has 1 saturated heterocycles. The third-order valence-electron chi connectivity index (χ3n) is 4.28. The standard InChI is InChI=1S/C19H21ClN2O4S/c20-18-9-8-16(27(24,25)22-11-4-5-12-22)14-17(18)19(23)21-10-13-26-15-6-2-1-3-7-15/h1-3,6-9,14H,4-5,10-13H2,(H,21,23). The molecule has 0 aliphatic carbocycles. The maximum atomic E-state index is 12.7. The number of hydrogen-bond donors (Lipinski definition) is 1. The first-order chi connectivity index (χ1) is 13.0. The normalized spacial score (nSPS) is 14.9. The number of nitrogens with one attached hydrogen (secondary N) is 1. The Morgan fingerprint density at radius 1 is 1.11 bits per heavy atom. The van der Waals surface area contributed by atoms with E-state index in [9.17, 15) is 13.2 Å². The summed E-state index contributed by atoms with van der Waals surface area (Å²) < 4.78 is 32.3. The molecule has 144 valence electrons. The molecule has 0 spiro atoms. The fraction of sp³-hybridized carbons (Fsp3) is 0.316. The molecule has 0 aromatic heterocycles. The first-order valence-electron chi connectivity index (χ1n) is 8.74. The molecular formula is C19H21ClN2O4S. The lowest BCUT2D eigenvalue weighted by Crippen LogP contribution is -2.30. The zero-order valence-electron chi connectivity index (χ0n) is 14.7. The maximum absolute atomic E-state index is 12.7. The minimum atomic E-state index is -3.60. The van der Waals surface area contributed by atoms with Crippen molar-refractivity contribution in [3.05, 3.63) is 59.1 Å². The first-order valence-corrected chi connectivity index (χ1v) is 10.6. The highest BCUT2D eigenvalue weighted by molar-refractivity contribution is 7.89. The van der Waals surface area contributed by atoms with Gasteiger partial charge in [0.1, 0.15) is 12.4 Å². The van der Waals surface area contributed by atoms with Crippen LogP contribution in [0.2, 0.25) is 5.02 Å². The van der Waals surface area contributed by atoms with Crippen LogP contribution in [-0.2, 0) is 10.0 Å². The molecule has 6 nitrogen and oxygen atoms in total. The summed E-state index contributed by atoms with van der Waals surface area (Å²) in [4.78, 5) is 12.5. The van der Waals surface area contributed by atoms with E-state index in [1.54, 1.807) is 0 Å². The summed E-state index contributed by atoms with van der Waals surface area (Å²) in [7, 11) is -3.60. The van der Waals surface area contributed by atoms with Crippen molar-refractivity contribution in [2.45, 2.75) is 17.7 Å². The van der Waals surface area contributed by atoms with Gasteiger partial charge in [-0.3, -0.25) is 4.79 Å². The van der Waals surface area contributed by atoms with Crippen molar-refractivity contribution >= 4 is 27.5 Å². The summed E-state index contributed by atoms with van der Waals surface area (Å²) in [6.45, 7) is 1.57. The number of amides is 1. The van der Waals surface area contributed by atoms with Crippen LogP contribution in [0.15, 0.2) is 53.4 Å². The van der Waals surface area contributed by atoms with Crippen molar-refractivity contribution < 1.29 is 17.9 Å². The smallest absolute Gasteiger partial charge is 0.252 e. The number of carbonyl (C=O) groups is 1. The molecule has 1 fully saturated rings. The van der Waals surface area contributed by atoms with Crippen molar-refractivity contribution in [3.63, 3.8) is 0 Å². The van der Waals surface area contributed by atoms with Gasteiger partial charge in [-0.15, -0.1) is 0 Å². The van der Waals surface area contributed by atoms with E-state index in [-0.39, 0.29) is 22.0 Å². The Hall–Kier alpha value is -2.09. The summed E-state index contributed by atoms with van der Waals surface area (Å²) >= 11 is 6.11. The zero-order valence-corrected chi connectivity index (χ0v) is 16.3. The molecule has 0 atom stereocenters. The summed E-state index contributed by atoms with van der Waals surface area (Å²) in [5.74, 6) is 0.276. The number of carbonyl (C=O) groups excluding carboxylic acids is 1. The van der Waals surface area contributed by atoms with Gasteiger partial charge in [-0.2, -0.15) is 4.31 Å². The van der Waals surface area contributed by atoms with E-state index < -0.39 is 15.9 Å². The van der Waals surface area contributed by atoms with Crippen LogP contribution < -0.4 is 10.1 Å². The number of nitrogens with zero attached hydrogens (tertiary/aromatic N) is 1. The van der Waals surface area contributed by atoms with E-state index in [1.807, 2.05) is 30.3 Å². The molecular weight excluding hydrogens is 388 g/mol. The zero-order chi connectivity index (χ0) is 19.3. The van der Waals surface area contributed by atoms with E-state index in [0.717, 1.165) is 12.8 Å². The van der Waals surface area contributed by atoms with Crippen LogP contribution in [0.5, 0.6) is 5.75 Å². The van der Waals surface area contributed by atoms with Gasteiger partial charge in [-0.25, -0.2) is 8.42 Å². The van der Waals surface area contributed by atoms with Crippen LogP contribution >= 0.6 is 11.6 Å². The molecule has 2 aromatic rings. The van der Waals surface area contributed by atoms with E-state index in [0.29, 0.717) is 25.4 Å². The van der Waals surface area contributed by atoms with Crippen LogP contribution in [0, 0.1) is 0 Å². The van der Waals surface area contributed by atoms with Crippen molar-refractivity contribution in [2.24, 2.45) is 0 Å². The lowest BCUT2D eigenvalue weighted by molar-refractivity contribution is 0.0947. The van der Waals surface area contributed by atoms with Gasteiger partial charge >= 0.3 is 0 Å². The summed E-state index contributed by atoms with van der Waals surface area (Å²) in [6.07, 6.45) is 1.70. The minimum absolute atomic E-state index is 0.0829. The van der Waals surface area contributed by atoms with E-state index >= 15 is 0 Å². The number of halogens is 1. The van der Waals surface area contributed by atoms with Gasteiger partial charge in [0.25, 0.3) is 5.91 Å². The quantitative estimate of drug-likeness (QED) is 0.714.